The second-order valence-electron chi connectivity index (χ2n) is 5.00. The number of nitrogens with zero attached hydrogens (tertiary/aromatic N) is 2. The topological polar surface area (TPSA) is 76.3 Å². The summed E-state index contributed by atoms with van der Waals surface area (Å²) < 4.78 is 26.8. The maximum atomic E-state index is 12.6. The van der Waals surface area contributed by atoms with Crippen molar-refractivity contribution in [3.05, 3.63) is 24.0 Å². The van der Waals surface area contributed by atoms with Crippen molar-refractivity contribution in [3.8, 4) is 0 Å². The molecule has 19 heavy (non-hydrogen) atoms. The van der Waals surface area contributed by atoms with Crippen molar-refractivity contribution in [2.24, 2.45) is 5.73 Å². The lowest BCUT2D eigenvalue weighted by Crippen LogP contribution is -2.38. The number of hydrogen-bond acceptors (Lipinski definition) is 4. The van der Waals surface area contributed by atoms with Crippen molar-refractivity contribution in [2.75, 3.05) is 6.54 Å². The second kappa shape index (κ2) is 5.98. The van der Waals surface area contributed by atoms with E-state index in [1.54, 1.807) is 16.4 Å². The SMILES string of the molecule is CC1CCCCCN1S(=O)(=O)c1ccc(CN)nc1. The molecule has 5 nitrogen and oxygen atoms in total. The van der Waals surface area contributed by atoms with Gasteiger partial charge in [-0.1, -0.05) is 12.8 Å². The third-order valence-electron chi connectivity index (χ3n) is 3.61. The maximum absolute atomic E-state index is 12.6. The zero-order valence-corrected chi connectivity index (χ0v) is 12.1. The molecule has 1 aliphatic heterocycles. The van der Waals surface area contributed by atoms with Crippen LogP contribution in [0, 0.1) is 0 Å². The fourth-order valence-electron chi connectivity index (χ4n) is 2.43. The van der Waals surface area contributed by atoms with E-state index >= 15 is 0 Å². The lowest BCUT2D eigenvalue weighted by Gasteiger charge is -2.26. The van der Waals surface area contributed by atoms with Gasteiger partial charge in [0.25, 0.3) is 0 Å². The molecule has 1 atom stereocenters. The molecule has 0 spiro atoms. The highest BCUT2D eigenvalue weighted by Crippen LogP contribution is 2.24. The number of sulfonamides is 1. The van der Waals surface area contributed by atoms with Crippen LogP contribution in [0.15, 0.2) is 23.2 Å². The molecule has 1 saturated heterocycles. The van der Waals surface area contributed by atoms with Crippen LogP contribution in [0.4, 0.5) is 0 Å². The van der Waals surface area contributed by atoms with Gasteiger partial charge in [-0.2, -0.15) is 4.31 Å². The van der Waals surface area contributed by atoms with Crippen LogP contribution in [0.2, 0.25) is 0 Å². The molecule has 1 unspecified atom stereocenters. The predicted molar refractivity (Wildman–Crippen MR) is 74.0 cm³/mol. The van der Waals surface area contributed by atoms with Crippen LogP contribution in [0.3, 0.4) is 0 Å². The maximum Gasteiger partial charge on any atom is 0.244 e. The molecule has 1 aliphatic rings. The molecule has 2 N–H and O–H groups in total. The fourth-order valence-corrected chi connectivity index (χ4v) is 4.07. The summed E-state index contributed by atoms with van der Waals surface area (Å²) in [5, 5.41) is 0. The van der Waals surface area contributed by atoms with Gasteiger partial charge < -0.3 is 5.73 Å². The minimum Gasteiger partial charge on any atom is -0.325 e. The van der Waals surface area contributed by atoms with Crippen LogP contribution in [-0.2, 0) is 16.6 Å². The molecule has 1 aromatic rings. The van der Waals surface area contributed by atoms with Crippen molar-refractivity contribution in [1.82, 2.24) is 9.29 Å². The summed E-state index contributed by atoms with van der Waals surface area (Å²) in [7, 11) is -3.43. The van der Waals surface area contributed by atoms with Crippen molar-refractivity contribution in [3.63, 3.8) is 0 Å². The van der Waals surface area contributed by atoms with Gasteiger partial charge in [-0.15, -0.1) is 0 Å². The van der Waals surface area contributed by atoms with E-state index in [-0.39, 0.29) is 10.9 Å². The van der Waals surface area contributed by atoms with Crippen molar-refractivity contribution < 1.29 is 8.42 Å². The summed E-state index contributed by atoms with van der Waals surface area (Å²) >= 11 is 0. The third-order valence-corrected chi connectivity index (χ3v) is 5.60. The van der Waals surface area contributed by atoms with Gasteiger partial charge in [-0.25, -0.2) is 8.42 Å². The van der Waals surface area contributed by atoms with Crippen molar-refractivity contribution >= 4 is 10.0 Å². The minimum absolute atomic E-state index is 0.0571. The Morgan fingerprint density at radius 1 is 1.37 bits per heavy atom. The molecule has 1 aromatic heterocycles. The Bertz CT molecular complexity index is 513. The quantitative estimate of drug-likeness (QED) is 0.912. The molecular weight excluding hydrogens is 262 g/mol. The smallest absolute Gasteiger partial charge is 0.244 e. The molecule has 0 aromatic carbocycles. The Morgan fingerprint density at radius 2 is 2.16 bits per heavy atom. The highest BCUT2D eigenvalue weighted by molar-refractivity contribution is 7.89. The van der Waals surface area contributed by atoms with Crippen LogP contribution in [-0.4, -0.2) is 30.3 Å². The second-order valence-corrected chi connectivity index (χ2v) is 6.89. The predicted octanol–water partition coefficient (Wildman–Crippen LogP) is 1.49. The Labute approximate surface area is 114 Å². The first-order valence-electron chi connectivity index (χ1n) is 6.72. The lowest BCUT2D eigenvalue weighted by molar-refractivity contribution is 0.342. The normalized spacial score (nSPS) is 22.1. The molecule has 6 heteroatoms. The standard InChI is InChI=1S/C13H21N3O2S/c1-11-5-3-2-4-8-16(11)19(17,18)13-7-6-12(9-14)15-10-13/h6-7,10-11H,2-5,8-9,14H2,1H3. The van der Waals surface area contributed by atoms with Crippen LogP contribution in [0.25, 0.3) is 0 Å². The molecule has 106 valence electrons. The molecule has 2 rings (SSSR count). The molecular formula is C13H21N3O2S. The molecule has 0 saturated carbocycles. The Balaban J connectivity index is 2.29. The van der Waals surface area contributed by atoms with E-state index in [2.05, 4.69) is 4.98 Å². The molecule has 0 amide bonds. The first kappa shape index (κ1) is 14.4. The summed E-state index contributed by atoms with van der Waals surface area (Å²) in [6, 6.07) is 3.33. The van der Waals surface area contributed by atoms with E-state index in [0.717, 1.165) is 25.7 Å². The molecule has 0 radical (unpaired) electrons. The zero-order chi connectivity index (χ0) is 13.9. The molecule has 0 aliphatic carbocycles. The van der Waals surface area contributed by atoms with Gasteiger partial charge in [0.15, 0.2) is 0 Å². The van der Waals surface area contributed by atoms with Crippen LogP contribution in [0.1, 0.15) is 38.3 Å². The Morgan fingerprint density at radius 3 is 2.79 bits per heavy atom. The minimum atomic E-state index is -3.43. The van der Waals surface area contributed by atoms with Crippen LogP contribution in [0.5, 0.6) is 0 Å². The number of pyridine rings is 1. The highest BCUT2D eigenvalue weighted by Gasteiger charge is 2.30. The molecule has 2 heterocycles. The number of hydrogen-bond donors (Lipinski definition) is 1. The van der Waals surface area contributed by atoms with Gasteiger partial charge in [0.1, 0.15) is 4.90 Å². The monoisotopic (exact) mass is 283 g/mol. The average molecular weight is 283 g/mol. The lowest BCUT2D eigenvalue weighted by atomic mass is 10.1. The highest BCUT2D eigenvalue weighted by atomic mass is 32.2. The van der Waals surface area contributed by atoms with Crippen LogP contribution >= 0.6 is 0 Å². The zero-order valence-electron chi connectivity index (χ0n) is 11.2. The first-order chi connectivity index (χ1) is 9.05. The molecule has 0 bridgehead atoms. The van der Waals surface area contributed by atoms with Gasteiger partial charge >= 0.3 is 0 Å². The van der Waals surface area contributed by atoms with Crippen molar-refractivity contribution in [2.45, 2.75) is 50.1 Å². The summed E-state index contributed by atoms with van der Waals surface area (Å²) in [5.74, 6) is 0. The summed E-state index contributed by atoms with van der Waals surface area (Å²) in [5.41, 5.74) is 6.17. The van der Waals surface area contributed by atoms with Crippen LogP contribution < -0.4 is 5.73 Å². The Hall–Kier alpha value is -0.980. The van der Waals surface area contributed by atoms with E-state index < -0.39 is 10.0 Å². The Kier molecular flexibility index (Phi) is 4.54. The van der Waals surface area contributed by atoms with E-state index in [1.807, 2.05) is 6.92 Å². The number of nitrogens with two attached hydrogens (primary N) is 1. The van der Waals surface area contributed by atoms with Gasteiger partial charge in [0.2, 0.25) is 10.0 Å². The summed E-state index contributed by atoms with van der Waals surface area (Å²) in [6.07, 6.45) is 5.46. The van der Waals surface area contributed by atoms with Crippen molar-refractivity contribution in [1.29, 1.82) is 0 Å². The van der Waals surface area contributed by atoms with Gasteiger partial charge in [-0.05, 0) is 31.9 Å². The summed E-state index contributed by atoms with van der Waals surface area (Å²) in [4.78, 5) is 4.34. The largest absolute Gasteiger partial charge is 0.325 e. The average Bonchev–Trinajstić information content (AvgIpc) is 2.64. The number of rotatable bonds is 3. The van der Waals surface area contributed by atoms with Gasteiger partial charge in [0, 0.05) is 25.3 Å². The van der Waals surface area contributed by atoms with E-state index in [0.29, 0.717) is 18.8 Å². The van der Waals surface area contributed by atoms with Gasteiger partial charge in [-0.3, -0.25) is 4.98 Å². The van der Waals surface area contributed by atoms with Gasteiger partial charge in [0.05, 0.1) is 5.69 Å². The number of aromatic nitrogens is 1. The summed E-state index contributed by atoms with van der Waals surface area (Å²) in [6.45, 7) is 2.90. The first-order valence-corrected chi connectivity index (χ1v) is 8.16. The van der Waals surface area contributed by atoms with E-state index in [9.17, 15) is 8.42 Å². The molecule has 1 fully saturated rings. The fraction of sp³-hybridized carbons (Fsp3) is 0.615. The van der Waals surface area contributed by atoms with E-state index in [4.69, 9.17) is 5.73 Å². The van der Waals surface area contributed by atoms with E-state index in [1.165, 1.54) is 6.20 Å². The third kappa shape index (κ3) is 3.13.